The van der Waals surface area contributed by atoms with Gasteiger partial charge in [0, 0.05) is 0 Å². The highest BCUT2D eigenvalue weighted by Crippen LogP contribution is 2.31. The van der Waals surface area contributed by atoms with Crippen molar-refractivity contribution >= 4 is 14.0 Å². The topological polar surface area (TPSA) is 36.9 Å². The predicted octanol–water partition coefficient (Wildman–Crippen LogP) is 3.36. The van der Waals surface area contributed by atoms with Gasteiger partial charge in [0.1, 0.15) is 0 Å². The van der Waals surface area contributed by atoms with Gasteiger partial charge in [-0.05, 0) is 55.4 Å². The average Bonchev–Trinajstić information content (AvgIpc) is 2.49. The first-order valence-electron chi connectivity index (χ1n) is 7.91. The Bertz CT molecular complexity index is 397. The molecule has 2 aliphatic rings. The molecule has 0 N–H and O–H groups in total. The van der Waals surface area contributed by atoms with Gasteiger partial charge in [-0.1, -0.05) is 24.3 Å². The molecule has 0 saturated carbocycles. The molecule has 2 rings (SSSR count). The molecule has 0 amide bonds. The molecular formula is C16H28B2O4. The second-order valence-corrected chi connectivity index (χ2v) is 8.29. The zero-order valence-corrected chi connectivity index (χ0v) is 15.1. The predicted molar refractivity (Wildman–Crippen MR) is 90.4 cm³/mol. The van der Waals surface area contributed by atoms with Crippen LogP contribution in [-0.4, -0.2) is 36.4 Å². The van der Waals surface area contributed by atoms with Gasteiger partial charge in [0.15, 0.2) is 0 Å². The van der Waals surface area contributed by atoms with Crippen LogP contribution in [0.1, 0.15) is 55.4 Å². The van der Waals surface area contributed by atoms with Crippen LogP contribution in [0.4, 0.5) is 0 Å². The van der Waals surface area contributed by atoms with Crippen LogP contribution in [0.3, 0.4) is 0 Å². The first-order chi connectivity index (χ1) is 9.79. The molecule has 0 bridgehead atoms. The molecule has 0 aromatic rings. The van der Waals surface area contributed by atoms with Gasteiger partial charge < -0.3 is 18.6 Å². The van der Waals surface area contributed by atoms with Crippen molar-refractivity contribution in [1.29, 1.82) is 0 Å². The minimum Gasteiger partial charge on any atom is -0.405 e. The van der Waals surface area contributed by atoms with E-state index in [1.54, 1.807) is 0 Å². The lowest BCUT2D eigenvalue weighted by Gasteiger charge is -2.33. The Labute approximate surface area is 135 Å². The van der Waals surface area contributed by atoms with Crippen molar-refractivity contribution in [2.24, 2.45) is 0 Å². The van der Waals surface area contributed by atoms with Crippen molar-refractivity contribution in [2.45, 2.75) is 77.8 Å². The van der Waals surface area contributed by atoms with E-state index in [2.05, 4.69) is 0 Å². The van der Waals surface area contributed by atoms with Crippen LogP contribution >= 0.6 is 0 Å². The van der Waals surface area contributed by atoms with Gasteiger partial charge in [-0.15, -0.1) is 0 Å². The largest absolute Gasteiger partial charge is 0.489 e. The average molecular weight is 306 g/mol. The van der Waals surface area contributed by atoms with E-state index in [0.29, 0.717) is 0 Å². The first-order valence-corrected chi connectivity index (χ1v) is 7.91. The lowest BCUT2D eigenvalue weighted by Crippen LogP contribution is -2.55. The van der Waals surface area contributed by atoms with Gasteiger partial charge in [-0.25, -0.2) is 0 Å². The maximum absolute atomic E-state index is 6.13. The molecule has 2 aliphatic heterocycles. The number of hydrogen-bond donors (Lipinski definition) is 0. The SMILES string of the molecule is CC1(C)C=CC(C)(C)OB(B2OC(C)(C)C=CC(C)(C)O2)O1. The Kier molecular flexibility index (Phi) is 4.46. The van der Waals surface area contributed by atoms with Crippen molar-refractivity contribution in [1.82, 2.24) is 0 Å². The second kappa shape index (κ2) is 5.52. The van der Waals surface area contributed by atoms with Crippen LogP contribution in [-0.2, 0) is 18.6 Å². The molecule has 122 valence electrons. The number of hydrogen-bond acceptors (Lipinski definition) is 4. The summed E-state index contributed by atoms with van der Waals surface area (Å²) in [6, 6.07) is 0. The van der Waals surface area contributed by atoms with Crippen LogP contribution in [0.25, 0.3) is 0 Å². The normalized spacial score (nSPS) is 29.1. The molecule has 0 atom stereocenters. The van der Waals surface area contributed by atoms with Gasteiger partial charge in [-0.3, -0.25) is 0 Å². The molecular weight excluding hydrogens is 278 g/mol. The lowest BCUT2D eigenvalue weighted by molar-refractivity contribution is 0.0476. The van der Waals surface area contributed by atoms with Gasteiger partial charge in [0.2, 0.25) is 0 Å². The summed E-state index contributed by atoms with van der Waals surface area (Å²) in [5.74, 6) is 0. The fourth-order valence-electron chi connectivity index (χ4n) is 2.43. The van der Waals surface area contributed by atoms with Crippen molar-refractivity contribution in [3.63, 3.8) is 0 Å². The molecule has 0 fully saturated rings. The van der Waals surface area contributed by atoms with E-state index >= 15 is 0 Å². The highest BCUT2D eigenvalue weighted by Gasteiger charge is 2.51. The first kappa shape index (κ1) is 17.8. The molecule has 4 nitrogen and oxygen atoms in total. The van der Waals surface area contributed by atoms with Crippen LogP contribution in [0, 0.1) is 0 Å². The Morgan fingerprint density at radius 2 is 0.636 bits per heavy atom. The summed E-state index contributed by atoms with van der Waals surface area (Å²) in [7, 11) is -1.23. The highest BCUT2D eigenvalue weighted by molar-refractivity contribution is 7.10. The van der Waals surface area contributed by atoms with Gasteiger partial charge in [-0.2, -0.15) is 0 Å². The van der Waals surface area contributed by atoms with E-state index in [0.717, 1.165) is 0 Å². The maximum atomic E-state index is 6.13. The quantitative estimate of drug-likeness (QED) is 0.550. The van der Waals surface area contributed by atoms with Gasteiger partial charge in [0.05, 0.1) is 22.4 Å². The Morgan fingerprint density at radius 3 is 0.818 bits per heavy atom. The monoisotopic (exact) mass is 306 g/mol. The Hall–Kier alpha value is -0.550. The molecule has 2 heterocycles. The maximum Gasteiger partial charge on any atom is 0.489 e. The molecule has 0 unspecified atom stereocenters. The van der Waals surface area contributed by atoms with Crippen LogP contribution in [0.5, 0.6) is 0 Å². The third kappa shape index (κ3) is 4.72. The van der Waals surface area contributed by atoms with E-state index in [9.17, 15) is 0 Å². The van der Waals surface area contributed by atoms with E-state index in [1.165, 1.54) is 0 Å². The molecule has 22 heavy (non-hydrogen) atoms. The molecule has 0 saturated heterocycles. The lowest BCUT2D eigenvalue weighted by atomic mass is 9.47. The Morgan fingerprint density at radius 1 is 0.455 bits per heavy atom. The van der Waals surface area contributed by atoms with Gasteiger partial charge >= 0.3 is 14.0 Å². The van der Waals surface area contributed by atoms with Crippen LogP contribution < -0.4 is 0 Å². The van der Waals surface area contributed by atoms with Crippen molar-refractivity contribution in [3.8, 4) is 0 Å². The summed E-state index contributed by atoms with van der Waals surface area (Å²) in [5.41, 5.74) is -1.78. The minimum atomic E-state index is -0.613. The zero-order chi connectivity index (χ0) is 16.8. The fourth-order valence-corrected chi connectivity index (χ4v) is 2.43. The van der Waals surface area contributed by atoms with E-state index in [-0.39, 0.29) is 0 Å². The third-order valence-electron chi connectivity index (χ3n) is 3.67. The van der Waals surface area contributed by atoms with Crippen molar-refractivity contribution < 1.29 is 18.6 Å². The summed E-state index contributed by atoms with van der Waals surface area (Å²) < 4.78 is 24.5. The fraction of sp³-hybridized carbons (Fsp3) is 0.750. The summed E-state index contributed by atoms with van der Waals surface area (Å²) >= 11 is 0. The van der Waals surface area contributed by atoms with Crippen molar-refractivity contribution in [2.75, 3.05) is 0 Å². The summed E-state index contributed by atoms with van der Waals surface area (Å²) in [6.07, 6.45) is 8.10. The molecule has 0 spiro atoms. The second-order valence-electron chi connectivity index (χ2n) is 8.29. The zero-order valence-electron chi connectivity index (χ0n) is 15.1. The van der Waals surface area contributed by atoms with Crippen molar-refractivity contribution in [3.05, 3.63) is 24.3 Å². The van der Waals surface area contributed by atoms with E-state index in [1.807, 2.05) is 79.7 Å². The van der Waals surface area contributed by atoms with Crippen LogP contribution in [0.2, 0.25) is 0 Å². The molecule has 0 radical (unpaired) electrons. The van der Waals surface area contributed by atoms with E-state index < -0.39 is 36.4 Å². The minimum absolute atomic E-state index is 0.445. The molecule has 0 aromatic heterocycles. The smallest absolute Gasteiger partial charge is 0.405 e. The summed E-state index contributed by atoms with van der Waals surface area (Å²) in [6.45, 7) is 16.1. The summed E-state index contributed by atoms with van der Waals surface area (Å²) in [5, 5.41) is 0. The van der Waals surface area contributed by atoms with Gasteiger partial charge in [0.25, 0.3) is 0 Å². The molecule has 0 aromatic carbocycles. The molecule has 6 heteroatoms. The third-order valence-corrected chi connectivity index (χ3v) is 3.67. The standard InChI is InChI=1S/C16H28B2O4/c1-13(2)9-10-14(3,4)20-17(19-13)18-21-15(5,6)11-12-16(7,8)22-18/h9-12H,1-8H3. The highest BCUT2D eigenvalue weighted by atomic mass is 16.7. The van der Waals surface area contributed by atoms with Crippen LogP contribution in [0.15, 0.2) is 24.3 Å². The van der Waals surface area contributed by atoms with E-state index in [4.69, 9.17) is 18.6 Å². The number of rotatable bonds is 1. The molecule has 0 aliphatic carbocycles. The Balaban J connectivity index is 2.29. The summed E-state index contributed by atoms with van der Waals surface area (Å²) in [4.78, 5) is 0.